The van der Waals surface area contributed by atoms with E-state index in [1.807, 2.05) is 6.07 Å². The zero-order valence-electron chi connectivity index (χ0n) is 24.8. The first-order valence-electron chi connectivity index (χ1n) is 14.1. The van der Waals surface area contributed by atoms with Gasteiger partial charge in [0, 0.05) is 54.5 Å². The maximum atomic E-state index is 13.2. The van der Waals surface area contributed by atoms with Crippen LogP contribution in [0.3, 0.4) is 0 Å². The first-order chi connectivity index (χ1) is 19.6. The Morgan fingerprint density at radius 1 is 1.29 bits per heavy atom. The molecule has 0 aromatic carbocycles. The van der Waals surface area contributed by atoms with Gasteiger partial charge in [-0.2, -0.15) is 0 Å². The van der Waals surface area contributed by atoms with Crippen molar-refractivity contribution in [1.29, 1.82) is 0 Å². The Hall–Kier alpha value is -3.63. The van der Waals surface area contributed by atoms with Crippen LogP contribution >= 0.6 is 11.3 Å². The van der Waals surface area contributed by atoms with Crippen LogP contribution in [0.1, 0.15) is 67.8 Å². The molecule has 4 N–H and O–H groups in total. The Balaban J connectivity index is 1.61. The lowest BCUT2D eigenvalue weighted by molar-refractivity contribution is 0.0487. The van der Waals surface area contributed by atoms with Crippen LogP contribution in [0.15, 0.2) is 64.7 Å². The smallest absolute Gasteiger partial charge is 0.263 e. The average Bonchev–Trinajstić information content (AvgIpc) is 3.39. The molecular weight excluding hydrogens is 534 g/mol. The van der Waals surface area contributed by atoms with Gasteiger partial charge in [-0.1, -0.05) is 63.5 Å². The SMILES string of the molecule is CCCC1=CC(c2ccnc(NC(C=NC)=CN)n2)=CC=C2C1COCC2[C@@H](C)NC(=O)c1cnc(C(C)(C)C)s1. The summed E-state index contributed by atoms with van der Waals surface area (Å²) in [5.41, 5.74) is 10.6. The van der Waals surface area contributed by atoms with E-state index in [1.165, 1.54) is 28.7 Å². The minimum Gasteiger partial charge on any atom is -0.403 e. The number of carbonyl (C=O) groups excluding carboxylic acids is 1. The Bertz CT molecular complexity index is 1400. The van der Waals surface area contributed by atoms with Crippen LogP contribution in [-0.4, -0.2) is 53.4 Å². The third kappa shape index (κ3) is 7.37. The van der Waals surface area contributed by atoms with Gasteiger partial charge in [0.05, 0.1) is 35.8 Å². The molecule has 3 heterocycles. The van der Waals surface area contributed by atoms with Gasteiger partial charge in [-0.05, 0) is 19.4 Å². The van der Waals surface area contributed by atoms with Gasteiger partial charge in [0.25, 0.3) is 5.91 Å². The fourth-order valence-corrected chi connectivity index (χ4v) is 5.93. The van der Waals surface area contributed by atoms with Gasteiger partial charge in [-0.15, -0.1) is 11.3 Å². The number of thiazole rings is 1. The van der Waals surface area contributed by atoms with E-state index in [2.05, 4.69) is 78.4 Å². The number of hydrogen-bond donors (Lipinski definition) is 3. The standard InChI is InChI=1S/C31H41N7O2S/c1-7-8-20-13-21(26-11-12-34-30(38-26)37-22(14-32)15-33-6)9-10-23-24(17-40-18-25(20)23)19(2)36-28(39)27-16-35-29(41-27)31(3,4)5/h9-16,19,24-25H,7-8,17-18,32H2,1-6H3,(H,36,39)(H,34,37,38)/t19-,24?,25?/m1/s1. The maximum absolute atomic E-state index is 13.2. The van der Waals surface area contributed by atoms with Gasteiger partial charge < -0.3 is 21.1 Å². The zero-order chi connectivity index (χ0) is 29.6. The highest BCUT2D eigenvalue weighted by atomic mass is 32.1. The Morgan fingerprint density at radius 2 is 2.10 bits per heavy atom. The van der Waals surface area contributed by atoms with Crippen molar-refractivity contribution in [2.75, 3.05) is 25.6 Å². The van der Waals surface area contributed by atoms with Crippen molar-refractivity contribution in [2.45, 2.75) is 58.9 Å². The number of aliphatic imine (C=N–C) groups is 1. The van der Waals surface area contributed by atoms with Crippen molar-refractivity contribution in [1.82, 2.24) is 20.3 Å². The van der Waals surface area contributed by atoms with Gasteiger partial charge in [0.15, 0.2) is 0 Å². The lowest BCUT2D eigenvalue weighted by Gasteiger charge is -2.37. The molecule has 1 fully saturated rings. The summed E-state index contributed by atoms with van der Waals surface area (Å²) < 4.78 is 6.15. The summed E-state index contributed by atoms with van der Waals surface area (Å²) in [6.07, 6.45) is 15.0. The van der Waals surface area contributed by atoms with Crippen molar-refractivity contribution in [3.63, 3.8) is 0 Å². The summed E-state index contributed by atoms with van der Waals surface area (Å²) in [6.45, 7) is 11.7. The van der Waals surface area contributed by atoms with Crippen molar-refractivity contribution in [3.05, 3.63) is 75.3 Å². The number of carbonyl (C=O) groups is 1. The first kappa shape index (κ1) is 30.3. The van der Waals surface area contributed by atoms with E-state index < -0.39 is 0 Å². The maximum Gasteiger partial charge on any atom is 0.263 e. The molecule has 0 spiro atoms. The molecule has 2 unspecified atom stereocenters. The van der Waals surface area contributed by atoms with Crippen LogP contribution in [0.5, 0.6) is 0 Å². The molecule has 0 radical (unpaired) electrons. The summed E-state index contributed by atoms with van der Waals surface area (Å²) in [5, 5.41) is 7.29. The molecular formula is C31H41N7O2S. The molecule has 2 aromatic rings. The number of nitrogens with two attached hydrogens (primary N) is 1. The van der Waals surface area contributed by atoms with Crippen molar-refractivity contribution >= 4 is 35.0 Å². The van der Waals surface area contributed by atoms with Crippen LogP contribution in [0.2, 0.25) is 0 Å². The van der Waals surface area contributed by atoms with Crippen LogP contribution in [0, 0.1) is 11.8 Å². The van der Waals surface area contributed by atoms with Crippen molar-refractivity contribution in [2.24, 2.45) is 22.6 Å². The number of fused-ring (bicyclic) bond motifs is 1. The second-order valence-corrected chi connectivity index (χ2v) is 12.4. The number of ether oxygens (including phenoxy) is 1. The Kier molecular flexibility index (Phi) is 9.88. The van der Waals surface area contributed by atoms with Crippen LogP contribution in [0.4, 0.5) is 5.95 Å². The lowest BCUT2D eigenvalue weighted by Crippen LogP contribution is -2.44. The highest BCUT2D eigenvalue weighted by Crippen LogP contribution is 2.39. The normalized spacial score (nSPS) is 20.4. The van der Waals surface area contributed by atoms with E-state index >= 15 is 0 Å². The van der Waals surface area contributed by atoms with Gasteiger partial charge in [-0.25, -0.2) is 15.0 Å². The minimum atomic E-state index is -0.119. The highest BCUT2D eigenvalue weighted by molar-refractivity contribution is 7.13. The Labute approximate surface area is 246 Å². The molecule has 41 heavy (non-hydrogen) atoms. The number of nitrogens with one attached hydrogen (secondary N) is 2. The van der Waals surface area contributed by atoms with E-state index in [4.69, 9.17) is 15.5 Å². The molecule has 2 aliphatic rings. The molecule has 1 saturated heterocycles. The third-order valence-electron chi connectivity index (χ3n) is 7.18. The largest absolute Gasteiger partial charge is 0.403 e. The van der Waals surface area contributed by atoms with E-state index in [9.17, 15) is 4.79 Å². The van der Waals surface area contributed by atoms with Crippen LogP contribution in [0.25, 0.3) is 5.57 Å². The Morgan fingerprint density at radius 3 is 2.78 bits per heavy atom. The molecule has 0 bridgehead atoms. The number of rotatable bonds is 9. The number of nitrogens with zero attached hydrogens (tertiary/aromatic N) is 4. The molecule has 2 aromatic heterocycles. The third-order valence-corrected chi connectivity index (χ3v) is 8.61. The summed E-state index contributed by atoms with van der Waals surface area (Å²) >= 11 is 1.45. The molecule has 10 heteroatoms. The molecule has 1 amide bonds. The highest BCUT2D eigenvalue weighted by Gasteiger charge is 2.35. The predicted octanol–water partition coefficient (Wildman–Crippen LogP) is 5.27. The second-order valence-electron chi connectivity index (χ2n) is 11.4. The summed E-state index contributed by atoms with van der Waals surface area (Å²) in [5.74, 6) is 0.527. The summed E-state index contributed by atoms with van der Waals surface area (Å²) in [4.78, 5) is 31.4. The topological polar surface area (TPSA) is 127 Å². The lowest BCUT2D eigenvalue weighted by atomic mass is 9.78. The molecule has 1 aliphatic carbocycles. The van der Waals surface area contributed by atoms with Gasteiger partial charge in [0.1, 0.15) is 4.88 Å². The number of aromatic nitrogens is 3. The molecule has 1 aliphatic heterocycles. The van der Waals surface area contributed by atoms with E-state index in [0.717, 1.165) is 29.1 Å². The fourth-order valence-electron chi connectivity index (χ4n) is 5.06. The number of amides is 1. The zero-order valence-corrected chi connectivity index (χ0v) is 25.6. The summed E-state index contributed by atoms with van der Waals surface area (Å²) in [6, 6.07) is 1.79. The van der Waals surface area contributed by atoms with Crippen molar-refractivity contribution < 1.29 is 9.53 Å². The quantitative estimate of drug-likeness (QED) is 0.347. The number of anilines is 1. The monoisotopic (exact) mass is 575 g/mol. The second kappa shape index (κ2) is 13.4. The molecule has 3 atom stereocenters. The summed E-state index contributed by atoms with van der Waals surface area (Å²) in [7, 11) is 1.68. The molecule has 9 nitrogen and oxygen atoms in total. The van der Waals surface area contributed by atoms with E-state index in [-0.39, 0.29) is 29.2 Å². The first-order valence-corrected chi connectivity index (χ1v) is 14.9. The predicted molar refractivity (Wildman–Crippen MR) is 167 cm³/mol. The van der Waals surface area contributed by atoms with Gasteiger partial charge in [-0.3, -0.25) is 9.79 Å². The molecule has 218 valence electrons. The van der Waals surface area contributed by atoms with E-state index in [1.54, 1.807) is 25.7 Å². The van der Waals surface area contributed by atoms with Crippen molar-refractivity contribution in [3.8, 4) is 0 Å². The van der Waals surface area contributed by atoms with Gasteiger partial charge in [0.2, 0.25) is 5.95 Å². The fraction of sp³-hybridized carbons (Fsp3) is 0.452. The average molecular weight is 576 g/mol. The van der Waals surface area contributed by atoms with E-state index in [0.29, 0.717) is 29.7 Å². The number of hydrogen-bond acceptors (Lipinski definition) is 9. The molecule has 4 rings (SSSR count). The van der Waals surface area contributed by atoms with Crippen LogP contribution < -0.4 is 16.4 Å². The minimum absolute atomic E-state index is 0.0387. The van der Waals surface area contributed by atoms with Gasteiger partial charge >= 0.3 is 0 Å². The van der Waals surface area contributed by atoms with Crippen LogP contribution in [-0.2, 0) is 10.2 Å². The molecule has 0 saturated carbocycles. The number of allylic oxidation sites excluding steroid dienone is 5.